The minimum atomic E-state index is -0.261. The lowest BCUT2D eigenvalue weighted by molar-refractivity contribution is 0.304. The largest absolute Gasteiger partial charge is 0.489 e. The second-order valence-corrected chi connectivity index (χ2v) is 4.20. The lowest BCUT2D eigenvalue weighted by Crippen LogP contribution is -1.97. The van der Waals surface area contributed by atoms with E-state index in [0.29, 0.717) is 17.9 Å². The van der Waals surface area contributed by atoms with Gasteiger partial charge in [-0.15, -0.1) is 0 Å². The molecule has 0 saturated carbocycles. The van der Waals surface area contributed by atoms with E-state index in [2.05, 4.69) is 4.99 Å². The molecule has 1 unspecified atom stereocenters. The molecule has 0 spiro atoms. The smallest absolute Gasteiger partial charge is 0.132 e. The van der Waals surface area contributed by atoms with Gasteiger partial charge in [0, 0.05) is 17.8 Å². The first kappa shape index (κ1) is 11.0. The Morgan fingerprint density at radius 3 is 2.56 bits per heavy atom. The summed E-state index contributed by atoms with van der Waals surface area (Å²) in [5.41, 5.74) is 1.68. The van der Waals surface area contributed by atoms with Crippen LogP contribution in [-0.4, -0.2) is 6.21 Å². The highest BCUT2D eigenvalue weighted by atomic mass is 19.1. The van der Waals surface area contributed by atoms with Crippen molar-refractivity contribution in [3.8, 4) is 5.75 Å². The molecule has 0 aromatic heterocycles. The maximum Gasteiger partial charge on any atom is 0.132 e. The summed E-state index contributed by atoms with van der Waals surface area (Å²) < 4.78 is 19.3. The second-order valence-electron chi connectivity index (χ2n) is 4.20. The maximum absolute atomic E-state index is 13.7. The van der Waals surface area contributed by atoms with Crippen LogP contribution in [0.3, 0.4) is 0 Å². The van der Waals surface area contributed by atoms with Gasteiger partial charge in [0.2, 0.25) is 0 Å². The van der Waals surface area contributed by atoms with Gasteiger partial charge in [0.05, 0.1) is 0 Å². The number of hydrogen-bond donors (Lipinski definition) is 0. The van der Waals surface area contributed by atoms with Gasteiger partial charge in [-0.3, -0.25) is 4.99 Å². The number of hydrogen-bond acceptors (Lipinski definition) is 2. The topological polar surface area (TPSA) is 21.6 Å². The molecule has 0 saturated heterocycles. The summed E-state index contributed by atoms with van der Waals surface area (Å²) in [5.74, 6) is 0.281. The first-order valence-corrected chi connectivity index (χ1v) is 5.82. The molecule has 0 amide bonds. The Bertz CT molecular complexity index is 574. The highest BCUT2D eigenvalue weighted by Gasteiger charge is 2.20. The fourth-order valence-corrected chi connectivity index (χ4v) is 1.78. The van der Waals surface area contributed by atoms with Gasteiger partial charge < -0.3 is 4.74 Å². The molecule has 1 aliphatic heterocycles. The van der Waals surface area contributed by atoms with Crippen LogP contribution in [0.15, 0.2) is 53.5 Å². The van der Waals surface area contributed by atoms with Crippen molar-refractivity contribution in [3.63, 3.8) is 0 Å². The molecule has 2 aromatic carbocycles. The van der Waals surface area contributed by atoms with Crippen LogP contribution in [0.4, 0.5) is 4.39 Å². The van der Waals surface area contributed by atoms with Crippen LogP contribution in [0, 0.1) is 5.82 Å². The van der Waals surface area contributed by atoms with Crippen molar-refractivity contribution in [1.82, 2.24) is 0 Å². The van der Waals surface area contributed by atoms with E-state index in [1.54, 1.807) is 18.3 Å². The molecule has 1 atom stereocenters. The molecule has 2 nitrogen and oxygen atoms in total. The number of nitrogens with zero attached hydrogens (tertiary/aromatic N) is 1. The van der Waals surface area contributed by atoms with Crippen LogP contribution in [0.25, 0.3) is 0 Å². The molecule has 0 aliphatic carbocycles. The van der Waals surface area contributed by atoms with Gasteiger partial charge in [-0.1, -0.05) is 30.3 Å². The van der Waals surface area contributed by atoms with Crippen LogP contribution in [0.5, 0.6) is 5.75 Å². The van der Waals surface area contributed by atoms with Gasteiger partial charge in [-0.2, -0.15) is 0 Å². The van der Waals surface area contributed by atoms with E-state index in [9.17, 15) is 4.39 Å². The quantitative estimate of drug-likeness (QED) is 0.802. The standard InChI is InChI=1S/C15H12FNO/c16-14-8-12(6-7-13(14)15-9-17-15)18-10-11-4-2-1-3-5-11/h1-9,15H,10H2. The molecule has 0 bridgehead atoms. The Balaban J connectivity index is 1.68. The van der Waals surface area contributed by atoms with Gasteiger partial charge in [-0.05, 0) is 17.7 Å². The zero-order valence-electron chi connectivity index (χ0n) is 9.71. The fourth-order valence-electron chi connectivity index (χ4n) is 1.78. The SMILES string of the molecule is Fc1cc(OCc2ccccc2)ccc1C1C=N1. The Labute approximate surface area is 105 Å². The third-order valence-electron chi connectivity index (χ3n) is 2.84. The zero-order chi connectivity index (χ0) is 12.4. The van der Waals surface area contributed by atoms with Crippen LogP contribution < -0.4 is 4.74 Å². The van der Waals surface area contributed by atoms with Crippen molar-refractivity contribution in [2.45, 2.75) is 12.6 Å². The third kappa shape index (κ3) is 2.40. The Hall–Kier alpha value is -2.16. The van der Waals surface area contributed by atoms with Gasteiger partial charge in [0.25, 0.3) is 0 Å². The highest BCUT2D eigenvalue weighted by molar-refractivity contribution is 5.80. The fraction of sp³-hybridized carbons (Fsp3) is 0.133. The van der Waals surface area contributed by atoms with Crippen molar-refractivity contribution >= 4 is 6.21 Å². The van der Waals surface area contributed by atoms with Crippen molar-refractivity contribution in [3.05, 3.63) is 65.5 Å². The number of ether oxygens (including phenoxy) is 1. The maximum atomic E-state index is 13.7. The normalized spacial score (nSPS) is 16.6. The highest BCUT2D eigenvalue weighted by Crippen LogP contribution is 2.29. The summed E-state index contributed by atoms with van der Waals surface area (Å²) in [6.07, 6.45) is 1.73. The van der Waals surface area contributed by atoms with E-state index in [-0.39, 0.29) is 11.9 Å². The summed E-state index contributed by atoms with van der Waals surface area (Å²) in [6, 6.07) is 14.7. The average Bonchev–Trinajstić information content (AvgIpc) is 3.22. The monoisotopic (exact) mass is 241 g/mol. The molecule has 3 rings (SSSR count). The molecular weight excluding hydrogens is 229 g/mol. The number of benzene rings is 2. The molecule has 0 fully saturated rings. The third-order valence-corrected chi connectivity index (χ3v) is 2.84. The molecule has 90 valence electrons. The first-order chi connectivity index (χ1) is 8.83. The van der Waals surface area contributed by atoms with Gasteiger partial charge in [0.1, 0.15) is 24.2 Å². The van der Waals surface area contributed by atoms with Crippen LogP contribution in [0.2, 0.25) is 0 Å². The summed E-state index contributed by atoms with van der Waals surface area (Å²) >= 11 is 0. The van der Waals surface area contributed by atoms with Crippen LogP contribution in [0.1, 0.15) is 17.2 Å². The summed E-state index contributed by atoms with van der Waals surface area (Å²) in [7, 11) is 0. The number of aliphatic imine (C=N–C) groups is 1. The minimum absolute atomic E-state index is 0.0619. The molecule has 3 heteroatoms. The predicted molar refractivity (Wildman–Crippen MR) is 68.4 cm³/mol. The van der Waals surface area contributed by atoms with E-state index in [0.717, 1.165) is 5.56 Å². The van der Waals surface area contributed by atoms with Crippen LogP contribution in [-0.2, 0) is 6.61 Å². The zero-order valence-corrected chi connectivity index (χ0v) is 9.71. The van der Waals surface area contributed by atoms with Crippen molar-refractivity contribution in [2.24, 2.45) is 4.99 Å². The molecule has 2 aromatic rings. The van der Waals surface area contributed by atoms with Gasteiger partial charge in [0.15, 0.2) is 0 Å². The summed E-state index contributed by atoms with van der Waals surface area (Å²) in [5, 5.41) is 0. The number of rotatable bonds is 4. The molecule has 0 radical (unpaired) electrons. The molecular formula is C15H12FNO. The summed E-state index contributed by atoms with van der Waals surface area (Å²) in [4.78, 5) is 3.95. The van der Waals surface area contributed by atoms with Crippen molar-refractivity contribution in [1.29, 1.82) is 0 Å². The Morgan fingerprint density at radius 2 is 1.89 bits per heavy atom. The van der Waals surface area contributed by atoms with E-state index < -0.39 is 0 Å². The molecule has 1 heterocycles. The van der Waals surface area contributed by atoms with Gasteiger partial charge in [-0.25, -0.2) is 4.39 Å². The average molecular weight is 241 g/mol. The van der Waals surface area contributed by atoms with Crippen molar-refractivity contribution in [2.75, 3.05) is 0 Å². The predicted octanol–water partition coefficient (Wildman–Crippen LogP) is 3.53. The lowest BCUT2D eigenvalue weighted by Gasteiger charge is -2.07. The van der Waals surface area contributed by atoms with E-state index in [4.69, 9.17) is 4.74 Å². The molecule has 1 aliphatic rings. The number of halogens is 1. The van der Waals surface area contributed by atoms with E-state index in [1.807, 2.05) is 30.3 Å². The van der Waals surface area contributed by atoms with E-state index in [1.165, 1.54) is 6.07 Å². The summed E-state index contributed by atoms with van der Waals surface area (Å²) in [6.45, 7) is 0.444. The van der Waals surface area contributed by atoms with Crippen LogP contribution >= 0.6 is 0 Å². The first-order valence-electron chi connectivity index (χ1n) is 5.82. The second kappa shape index (κ2) is 4.61. The van der Waals surface area contributed by atoms with Crippen molar-refractivity contribution < 1.29 is 9.13 Å². The molecule has 18 heavy (non-hydrogen) atoms. The van der Waals surface area contributed by atoms with Gasteiger partial charge >= 0.3 is 0 Å². The molecule has 0 N–H and O–H groups in total. The lowest BCUT2D eigenvalue weighted by atomic mass is 10.1. The Morgan fingerprint density at radius 1 is 1.11 bits per heavy atom. The van der Waals surface area contributed by atoms with E-state index >= 15 is 0 Å². The Kier molecular flexibility index (Phi) is 2.81. The minimum Gasteiger partial charge on any atom is -0.489 e.